The van der Waals surface area contributed by atoms with Crippen molar-refractivity contribution in [2.24, 2.45) is 0 Å². The Balaban J connectivity index is -0.00000000800. The van der Waals surface area contributed by atoms with Gasteiger partial charge in [-0.1, -0.05) is 0 Å². The van der Waals surface area contributed by atoms with E-state index in [0.717, 1.165) is 0 Å². The van der Waals surface area contributed by atoms with E-state index in [-0.39, 0.29) is 51.1 Å². The van der Waals surface area contributed by atoms with Gasteiger partial charge in [-0.2, -0.15) is 0 Å². The van der Waals surface area contributed by atoms with Crippen molar-refractivity contribution in [3.8, 4) is 0 Å². The van der Waals surface area contributed by atoms with E-state index in [1.165, 1.54) is 0 Å². The van der Waals surface area contributed by atoms with E-state index in [1.807, 2.05) is 0 Å². The van der Waals surface area contributed by atoms with Crippen LogP contribution in [0, 0.1) is 29.2 Å². The second-order valence-corrected chi connectivity index (χ2v) is 1.22. The molecule has 0 saturated carbocycles. The topological polar surface area (TPSA) is 252 Å². The van der Waals surface area contributed by atoms with Gasteiger partial charge < -0.3 is 40.1 Å². The molecule has 10 nitrogen and oxygen atoms in total. The minimum Gasteiger partial charge on any atom is -0.784 e. The third-order valence-electron chi connectivity index (χ3n) is 0. The fraction of sp³-hybridized carbons (Fsp3) is 0. The summed E-state index contributed by atoms with van der Waals surface area (Å²) >= 11 is -6.22. The molecule has 86 valence electrons. The van der Waals surface area contributed by atoms with Crippen LogP contribution in [0.1, 0.15) is 0 Å². The Kier molecular flexibility index (Phi) is 142. The van der Waals surface area contributed by atoms with Crippen LogP contribution in [0.15, 0.2) is 0 Å². The van der Waals surface area contributed by atoms with Crippen LogP contribution in [0.2, 0.25) is 0 Å². The van der Waals surface area contributed by atoms with E-state index in [1.54, 1.807) is 0 Å². The SMILES string of the molecule is O.O.O.O.O=S([O-])[O-].O=S([O-])[O-].[Pu+4]. The summed E-state index contributed by atoms with van der Waals surface area (Å²) < 4.78 is 50.7. The molecular formula is H8O10PuS2. The van der Waals surface area contributed by atoms with Crippen molar-refractivity contribution in [1.82, 2.24) is 0 Å². The van der Waals surface area contributed by atoms with E-state index < -0.39 is 22.7 Å². The predicted octanol–water partition coefficient (Wildman–Crippen LogP) is -5.31. The average Bonchev–Trinajstić information content (AvgIpc) is 1.25. The molecule has 0 heterocycles. The fourth-order valence-electron chi connectivity index (χ4n) is 0. The molecule has 0 atom stereocenters. The van der Waals surface area contributed by atoms with Gasteiger partial charge in [0, 0.05) is 0 Å². The van der Waals surface area contributed by atoms with E-state index in [9.17, 15) is 0 Å². The number of hydrogen-bond donors (Lipinski definition) is 0. The van der Waals surface area contributed by atoms with Gasteiger partial charge in [-0.25, -0.2) is 0 Å². The molecule has 0 aromatic heterocycles. The van der Waals surface area contributed by atoms with E-state index in [4.69, 9.17) is 26.6 Å². The summed E-state index contributed by atoms with van der Waals surface area (Å²) in [6.07, 6.45) is 0. The molecule has 13 heteroatoms. The summed E-state index contributed by atoms with van der Waals surface area (Å²) in [6.45, 7) is 0. The maximum atomic E-state index is 8.44. The smallest absolute Gasteiger partial charge is 0.784 e. The molecule has 0 radical (unpaired) electrons. The Hall–Kier alpha value is 0.967. The predicted molar refractivity (Wildman–Crippen MR) is 33.8 cm³/mol. The molecule has 13 heavy (non-hydrogen) atoms. The Morgan fingerprint density at radius 3 is 0.615 bits per heavy atom. The molecule has 0 saturated heterocycles. The molecule has 0 aliphatic carbocycles. The molecule has 0 aliphatic rings. The zero-order valence-corrected chi connectivity index (χ0v) is 10.7. The van der Waals surface area contributed by atoms with Crippen molar-refractivity contribution < 1.29 is 77.7 Å². The first-order valence-corrected chi connectivity index (χ1v) is 3.00. The molecule has 0 fully saturated rings. The van der Waals surface area contributed by atoms with Gasteiger partial charge in [-0.3, -0.25) is 8.42 Å². The minimum absolute atomic E-state index is 0. The van der Waals surface area contributed by atoms with Crippen LogP contribution in [0.3, 0.4) is 0 Å². The van der Waals surface area contributed by atoms with E-state index in [2.05, 4.69) is 0 Å². The second kappa shape index (κ2) is 38.3. The summed E-state index contributed by atoms with van der Waals surface area (Å²) in [4.78, 5) is 0. The molecule has 0 aromatic rings. The standard InChI is InChI=1S/2H2O3S.4H2O.Pu/c2*1-4(2)3;;;;;/h2*(H2,1,2,3);4*1H2;/q;;;;;;+4/p-4. The zero-order valence-electron chi connectivity index (χ0n) is 5.67. The van der Waals surface area contributed by atoms with Gasteiger partial charge in [-0.05, 0) is 0 Å². The van der Waals surface area contributed by atoms with Crippen LogP contribution in [0.5, 0.6) is 0 Å². The maximum Gasteiger partial charge on any atom is 4.00 e. The first kappa shape index (κ1) is 48.4. The van der Waals surface area contributed by atoms with Crippen LogP contribution in [-0.4, -0.2) is 48.5 Å². The van der Waals surface area contributed by atoms with Crippen LogP contribution in [0.4, 0.5) is 0 Å². The van der Waals surface area contributed by atoms with Crippen molar-refractivity contribution in [2.45, 2.75) is 0 Å². The normalized spacial score (nSPS) is 5.38. The van der Waals surface area contributed by atoms with Crippen molar-refractivity contribution in [3.05, 3.63) is 0 Å². The number of hydrogen-bond acceptors (Lipinski definition) is 6. The molecule has 0 rings (SSSR count). The quantitative estimate of drug-likeness (QED) is 0.308. The Bertz CT molecular complexity index is 70.9. The Labute approximate surface area is 100 Å². The molecule has 0 amide bonds. The Morgan fingerprint density at radius 1 is 0.615 bits per heavy atom. The van der Waals surface area contributed by atoms with Gasteiger partial charge in [-0.15, -0.1) is 22.7 Å². The average molecular weight is 476 g/mol. The third-order valence-corrected chi connectivity index (χ3v) is 0. The largest absolute Gasteiger partial charge is 4.00 e. The van der Waals surface area contributed by atoms with Crippen LogP contribution in [-0.2, 0) is 22.7 Å². The van der Waals surface area contributed by atoms with E-state index in [0.29, 0.717) is 0 Å². The summed E-state index contributed by atoms with van der Waals surface area (Å²) in [6, 6.07) is 0. The monoisotopic (exact) mass is 470 g/mol. The zero-order chi connectivity index (χ0) is 7.15. The molecule has 8 N–H and O–H groups in total. The molecule has 0 aliphatic heterocycles. The van der Waals surface area contributed by atoms with Crippen LogP contribution < -0.4 is 0 Å². The first-order chi connectivity index (χ1) is 3.46. The van der Waals surface area contributed by atoms with Gasteiger partial charge in [0.1, 0.15) is 0 Å². The summed E-state index contributed by atoms with van der Waals surface area (Å²) in [5.41, 5.74) is 0. The second-order valence-electron chi connectivity index (χ2n) is 0.408. The molecule has 0 spiro atoms. The number of rotatable bonds is 0. The minimum atomic E-state index is -3.11. The van der Waals surface area contributed by atoms with E-state index >= 15 is 0 Å². The molecular weight excluding hydrogens is 468 g/mol. The molecule has 0 unspecified atom stereocenters. The van der Waals surface area contributed by atoms with Gasteiger partial charge >= 0.3 is 29.2 Å². The van der Waals surface area contributed by atoms with Gasteiger partial charge in [0.2, 0.25) is 0 Å². The summed E-state index contributed by atoms with van der Waals surface area (Å²) in [7, 11) is 0. The fourth-order valence-corrected chi connectivity index (χ4v) is 0. The summed E-state index contributed by atoms with van der Waals surface area (Å²) in [5, 5.41) is 0. The van der Waals surface area contributed by atoms with Gasteiger partial charge in [0.25, 0.3) is 0 Å². The van der Waals surface area contributed by atoms with Crippen LogP contribution in [0.25, 0.3) is 0 Å². The van der Waals surface area contributed by atoms with Crippen molar-refractivity contribution in [1.29, 1.82) is 0 Å². The van der Waals surface area contributed by atoms with Crippen molar-refractivity contribution in [2.75, 3.05) is 0 Å². The van der Waals surface area contributed by atoms with Gasteiger partial charge in [0.05, 0.1) is 0 Å². The third kappa shape index (κ3) is 1670. The first-order valence-electron chi connectivity index (χ1n) is 1.00. The Morgan fingerprint density at radius 2 is 0.615 bits per heavy atom. The van der Waals surface area contributed by atoms with Gasteiger partial charge in [0.15, 0.2) is 0 Å². The van der Waals surface area contributed by atoms with Crippen LogP contribution >= 0.6 is 0 Å². The molecule has 0 bridgehead atoms. The van der Waals surface area contributed by atoms with Crippen molar-refractivity contribution >= 4 is 22.7 Å². The van der Waals surface area contributed by atoms with Crippen molar-refractivity contribution in [3.63, 3.8) is 0 Å². The molecule has 0 aromatic carbocycles. The summed E-state index contributed by atoms with van der Waals surface area (Å²) in [5.74, 6) is 0. The maximum absolute atomic E-state index is 8.44.